The summed E-state index contributed by atoms with van der Waals surface area (Å²) in [4.78, 5) is 0. The van der Waals surface area contributed by atoms with E-state index in [-0.39, 0.29) is 0 Å². The zero-order valence-electron chi connectivity index (χ0n) is 9.31. The number of hydrogen-bond acceptors (Lipinski definition) is 3. The van der Waals surface area contributed by atoms with Crippen molar-refractivity contribution in [2.45, 2.75) is 25.2 Å². The minimum Gasteiger partial charge on any atom is -0.381 e. The van der Waals surface area contributed by atoms with Gasteiger partial charge in [-0.25, -0.2) is 4.68 Å². The molecule has 0 amide bonds. The molecule has 0 radical (unpaired) electrons. The van der Waals surface area contributed by atoms with Gasteiger partial charge in [-0.1, -0.05) is 35.4 Å². The Balaban J connectivity index is 2.12. The normalized spacial score (nSPS) is 15.8. The molecule has 88 valence electrons. The summed E-state index contributed by atoms with van der Waals surface area (Å²) in [5, 5.41) is 8.74. The van der Waals surface area contributed by atoms with Gasteiger partial charge in [0.2, 0.25) is 0 Å². The molecule has 2 N–H and O–H groups in total. The van der Waals surface area contributed by atoms with Gasteiger partial charge in [0.1, 0.15) is 0 Å². The number of benzene rings is 1. The van der Waals surface area contributed by atoms with Gasteiger partial charge in [0, 0.05) is 5.92 Å². The van der Waals surface area contributed by atoms with E-state index in [9.17, 15) is 0 Å². The molecule has 0 unspecified atom stereocenters. The smallest absolute Gasteiger partial charge is 0.169 e. The molecule has 5 heteroatoms. The number of para-hydroxylation sites is 1. The highest BCUT2D eigenvalue weighted by Gasteiger charge is 2.27. The highest BCUT2D eigenvalue weighted by molar-refractivity contribution is 6.32. The summed E-state index contributed by atoms with van der Waals surface area (Å²) in [5.74, 6) is 0.996. The van der Waals surface area contributed by atoms with E-state index in [1.807, 2.05) is 24.3 Å². The van der Waals surface area contributed by atoms with Gasteiger partial charge in [0.25, 0.3) is 0 Å². The van der Waals surface area contributed by atoms with E-state index in [1.54, 1.807) is 4.68 Å². The molecule has 2 aromatic rings. The molecule has 0 spiro atoms. The lowest BCUT2D eigenvalue weighted by molar-refractivity contribution is 0.404. The average molecular weight is 249 g/mol. The standard InChI is InChI=1S/C12H13ClN4/c13-9-6-1-2-7-10(9)17-11(8-4-3-5-8)12(14)15-16-17/h1-2,6-8H,3-5,14H2. The highest BCUT2D eigenvalue weighted by Crippen LogP contribution is 2.39. The molecule has 1 aliphatic rings. The summed E-state index contributed by atoms with van der Waals surface area (Å²) in [6, 6.07) is 7.61. The van der Waals surface area contributed by atoms with Gasteiger partial charge in [-0.05, 0) is 25.0 Å². The van der Waals surface area contributed by atoms with E-state index in [1.165, 1.54) is 6.42 Å². The Labute approximate surface area is 104 Å². The molecule has 1 aromatic carbocycles. The lowest BCUT2D eigenvalue weighted by atomic mass is 9.82. The Kier molecular flexibility index (Phi) is 2.52. The van der Waals surface area contributed by atoms with E-state index < -0.39 is 0 Å². The fourth-order valence-corrected chi connectivity index (χ4v) is 2.38. The van der Waals surface area contributed by atoms with Gasteiger partial charge in [-0.2, -0.15) is 0 Å². The van der Waals surface area contributed by atoms with Crippen LogP contribution in [0.5, 0.6) is 0 Å². The quantitative estimate of drug-likeness (QED) is 0.889. The van der Waals surface area contributed by atoms with Crippen molar-refractivity contribution in [1.29, 1.82) is 0 Å². The SMILES string of the molecule is Nc1nnn(-c2ccccc2Cl)c1C1CCC1. The molecule has 1 aliphatic carbocycles. The molecule has 0 saturated heterocycles. The number of rotatable bonds is 2. The first-order chi connectivity index (χ1) is 8.27. The third-order valence-electron chi connectivity index (χ3n) is 3.31. The molecule has 4 nitrogen and oxygen atoms in total. The number of anilines is 1. The van der Waals surface area contributed by atoms with Crippen molar-refractivity contribution in [2.75, 3.05) is 5.73 Å². The fourth-order valence-electron chi connectivity index (χ4n) is 2.17. The van der Waals surface area contributed by atoms with Gasteiger partial charge in [0.05, 0.1) is 16.4 Å². The Bertz CT molecular complexity index is 545. The Morgan fingerprint density at radius 3 is 2.71 bits per heavy atom. The molecular weight excluding hydrogens is 236 g/mol. The topological polar surface area (TPSA) is 56.7 Å². The Morgan fingerprint density at radius 1 is 1.29 bits per heavy atom. The molecular formula is C12H13ClN4. The molecule has 1 heterocycles. The van der Waals surface area contributed by atoms with Crippen molar-refractivity contribution >= 4 is 17.4 Å². The lowest BCUT2D eigenvalue weighted by Gasteiger charge is -2.26. The fraction of sp³-hybridized carbons (Fsp3) is 0.333. The molecule has 0 aliphatic heterocycles. The van der Waals surface area contributed by atoms with Crippen LogP contribution in [0.15, 0.2) is 24.3 Å². The van der Waals surface area contributed by atoms with E-state index in [2.05, 4.69) is 10.3 Å². The number of hydrogen-bond donors (Lipinski definition) is 1. The molecule has 0 atom stereocenters. The minimum atomic E-state index is 0.473. The zero-order chi connectivity index (χ0) is 11.8. The maximum Gasteiger partial charge on any atom is 0.169 e. The first-order valence-electron chi connectivity index (χ1n) is 5.73. The second-order valence-corrected chi connectivity index (χ2v) is 4.76. The summed E-state index contributed by atoms with van der Waals surface area (Å²) in [7, 11) is 0. The third kappa shape index (κ3) is 1.69. The number of nitrogen functional groups attached to an aromatic ring is 1. The number of nitrogens with two attached hydrogens (primary N) is 1. The van der Waals surface area contributed by atoms with E-state index in [4.69, 9.17) is 17.3 Å². The van der Waals surface area contributed by atoms with Crippen LogP contribution in [0.25, 0.3) is 5.69 Å². The number of aromatic nitrogens is 3. The second-order valence-electron chi connectivity index (χ2n) is 4.35. The minimum absolute atomic E-state index is 0.473. The summed E-state index contributed by atoms with van der Waals surface area (Å²) in [6.07, 6.45) is 3.56. The monoisotopic (exact) mass is 248 g/mol. The van der Waals surface area contributed by atoms with Gasteiger partial charge in [-0.15, -0.1) is 5.10 Å². The summed E-state index contributed by atoms with van der Waals surface area (Å²) >= 11 is 6.18. The van der Waals surface area contributed by atoms with Crippen LogP contribution in [-0.2, 0) is 0 Å². The number of nitrogens with zero attached hydrogens (tertiary/aromatic N) is 3. The largest absolute Gasteiger partial charge is 0.381 e. The van der Waals surface area contributed by atoms with Crippen molar-refractivity contribution in [3.05, 3.63) is 35.0 Å². The van der Waals surface area contributed by atoms with Crippen LogP contribution in [0.4, 0.5) is 5.82 Å². The van der Waals surface area contributed by atoms with Gasteiger partial charge in [-0.3, -0.25) is 0 Å². The van der Waals surface area contributed by atoms with E-state index in [0.717, 1.165) is 24.2 Å². The van der Waals surface area contributed by atoms with Crippen LogP contribution >= 0.6 is 11.6 Å². The van der Waals surface area contributed by atoms with Crippen LogP contribution in [0.1, 0.15) is 30.9 Å². The van der Waals surface area contributed by atoms with Crippen LogP contribution in [0.2, 0.25) is 5.02 Å². The molecule has 3 rings (SSSR count). The molecule has 1 saturated carbocycles. The van der Waals surface area contributed by atoms with Gasteiger partial charge >= 0.3 is 0 Å². The summed E-state index contributed by atoms with van der Waals surface area (Å²) in [6.45, 7) is 0. The summed E-state index contributed by atoms with van der Waals surface area (Å²) in [5.41, 5.74) is 7.75. The van der Waals surface area contributed by atoms with Crippen molar-refractivity contribution < 1.29 is 0 Å². The van der Waals surface area contributed by atoms with Crippen molar-refractivity contribution in [1.82, 2.24) is 15.0 Å². The maximum absolute atomic E-state index is 6.18. The zero-order valence-corrected chi connectivity index (χ0v) is 10.1. The predicted molar refractivity (Wildman–Crippen MR) is 67.4 cm³/mol. The van der Waals surface area contributed by atoms with Crippen molar-refractivity contribution in [2.24, 2.45) is 0 Å². The number of halogens is 1. The lowest BCUT2D eigenvalue weighted by Crippen LogP contribution is -2.15. The Morgan fingerprint density at radius 2 is 2.06 bits per heavy atom. The van der Waals surface area contributed by atoms with E-state index in [0.29, 0.717) is 16.8 Å². The first kappa shape index (κ1) is 10.6. The van der Waals surface area contributed by atoms with Crippen molar-refractivity contribution in [3.8, 4) is 5.69 Å². The summed E-state index contributed by atoms with van der Waals surface area (Å²) < 4.78 is 1.78. The molecule has 0 bridgehead atoms. The Hall–Kier alpha value is -1.55. The van der Waals surface area contributed by atoms with Crippen LogP contribution in [0.3, 0.4) is 0 Å². The average Bonchev–Trinajstić information content (AvgIpc) is 2.60. The first-order valence-corrected chi connectivity index (χ1v) is 6.11. The van der Waals surface area contributed by atoms with Crippen LogP contribution in [0, 0.1) is 0 Å². The van der Waals surface area contributed by atoms with Crippen LogP contribution in [-0.4, -0.2) is 15.0 Å². The third-order valence-corrected chi connectivity index (χ3v) is 3.62. The van der Waals surface area contributed by atoms with E-state index >= 15 is 0 Å². The second kappa shape index (κ2) is 4.04. The van der Waals surface area contributed by atoms with Crippen LogP contribution < -0.4 is 5.73 Å². The molecule has 17 heavy (non-hydrogen) atoms. The van der Waals surface area contributed by atoms with Crippen molar-refractivity contribution in [3.63, 3.8) is 0 Å². The maximum atomic E-state index is 6.18. The molecule has 1 aromatic heterocycles. The molecule has 1 fully saturated rings. The van der Waals surface area contributed by atoms with Gasteiger partial charge < -0.3 is 5.73 Å². The predicted octanol–water partition coefficient (Wildman–Crippen LogP) is 2.77. The van der Waals surface area contributed by atoms with Gasteiger partial charge in [0.15, 0.2) is 5.82 Å². The highest BCUT2D eigenvalue weighted by atomic mass is 35.5.